The first-order valence-corrected chi connectivity index (χ1v) is 4.30. The highest BCUT2D eigenvalue weighted by Crippen LogP contribution is 2.11. The molecule has 0 aliphatic carbocycles. The van der Waals surface area contributed by atoms with E-state index in [-0.39, 0.29) is 0 Å². The van der Waals surface area contributed by atoms with Crippen molar-refractivity contribution < 1.29 is 18.0 Å². The van der Waals surface area contributed by atoms with E-state index in [2.05, 4.69) is 15.3 Å². The van der Waals surface area contributed by atoms with Gasteiger partial charge in [-0.25, -0.2) is 9.97 Å². The minimum absolute atomic E-state index is 0.335. The van der Waals surface area contributed by atoms with Crippen LogP contribution in [0.25, 0.3) is 0 Å². The fourth-order valence-electron chi connectivity index (χ4n) is 0.887. The summed E-state index contributed by atoms with van der Waals surface area (Å²) in [4.78, 5) is 18.4. The van der Waals surface area contributed by atoms with Crippen LogP contribution in [0.4, 0.5) is 18.9 Å². The number of carbonyl (C=O) groups excluding carboxylic acids is 1. The Morgan fingerprint density at radius 2 is 1.94 bits per heavy atom. The molecule has 0 radical (unpaired) electrons. The first kappa shape index (κ1) is 12.4. The predicted octanol–water partition coefficient (Wildman–Crippen LogP) is 0.567. The van der Waals surface area contributed by atoms with Crippen LogP contribution in [0.2, 0.25) is 0 Å². The molecule has 0 unspecified atom stereocenters. The van der Waals surface area contributed by atoms with Gasteiger partial charge in [0.25, 0.3) is 0 Å². The lowest BCUT2D eigenvalue weighted by molar-refractivity contribution is -0.126. The predicted molar refractivity (Wildman–Crippen MR) is 49.6 cm³/mol. The molecule has 2 N–H and O–H groups in total. The minimum atomic E-state index is -4.32. The van der Waals surface area contributed by atoms with Crippen molar-refractivity contribution in [3.05, 3.63) is 18.7 Å². The van der Waals surface area contributed by atoms with Crippen LogP contribution >= 0.6 is 0 Å². The number of halogens is 3. The Morgan fingerprint density at radius 3 is 2.50 bits per heavy atom. The summed E-state index contributed by atoms with van der Waals surface area (Å²) in [6, 6.07) is 0. The number of hydrogen-bond acceptors (Lipinski definition) is 4. The van der Waals surface area contributed by atoms with Gasteiger partial charge in [0.1, 0.15) is 6.33 Å². The SMILES string of the molecule is O=C(CNCC(F)(F)F)Nc1cncnc1. The largest absolute Gasteiger partial charge is 0.401 e. The van der Waals surface area contributed by atoms with E-state index >= 15 is 0 Å². The lowest BCUT2D eigenvalue weighted by Crippen LogP contribution is -2.35. The number of nitrogens with one attached hydrogen (secondary N) is 2. The number of rotatable bonds is 4. The lowest BCUT2D eigenvalue weighted by atomic mass is 10.4. The van der Waals surface area contributed by atoms with E-state index in [0.29, 0.717) is 5.69 Å². The molecular formula is C8H9F3N4O. The summed E-state index contributed by atoms with van der Waals surface area (Å²) in [7, 11) is 0. The summed E-state index contributed by atoms with van der Waals surface area (Å²) < 4.78 is 35.2. The second kappa shape index (κ2) is 5.40. The third-order valence-corrected chi connectivity index (χ3v) is 1.46. The molecule has 1 heterocycles. The fraction of sp³-hybridized carbons (Fsp3) is 0.375. The molecule has 0 saturated heterocycles. The maximum Gasteiger partial charge on any atom is 0.401 e. The molecular weight excluding hydrogens is 225 g/mol. The summed E-state index contributed by atoms with van der Waals surface area (Å²) in [5.41, 5.74) is 0.335. The third-order valence-electron chi connectivity index (χ3n) is 1.46. The highest BCUT2D eigenvalue weighted by molar-refractivity contribution is 5.91. The van der Waals surface area contributed by atoms with Gasteiger partial charge in [0.15, 0.2) is 0 Å². The summed E-state index contributed by atoms with van der Waals surface area (Å²) in [6.45, 7) is -1.62. The Labute approximate surface area is 89.1 Å². The monoisotopic (exact) mass is 234 g/mol. The lowest BCUT2D eigenvalue weighted by Gasteiger charge is -2.08. The average Bonchev–Trinajstić information content (AvgIpc) is 2.17. The van der Waals surface area contributed by atoms with Crippen molar-refractivity contribution in [3.63, 3.8) is 0 Å². The molecule has 0 spiro atoms. The quantitative estimate of drug-likeness (QED) is 0.799. The van der Waals surface area contributed by atoms with Crippen LogP contribution < -0.4 is 10.6 Å². The topological polar surface area (TPSA) is 66.9 Å². The Bertz CT molecular complexity index is 341. The van der Waals surface area contributed by atoms with E-state index in [1.807, 2.05) is 5.32 Å². The number of anilines is 1. The van der Waals surface area contributed by atoms with Crippen molar-refractivity contribution >= 4 is 11.6 Å². The maximum absolute atomic E-state index is 11.7. The van der Waals surface area contributed by atoms with E-state index < -0.39 is 25.2 Å². The van der Waals surface area contributed by atoms with Gasteiger partial charge in [0.2, 0.25) is 5.91 Å². The van der Waals surface area contributed by atoms with E-state index in [0.717, 1.165) is 0 Å². The first-order valence-electron chi connectivity index (χ1n) is 4.30. The number of amides is 1. The molecule has 0 bridgehead atoms. The molecule has 0 atom stereocenters. The van der Waals surface area contributed by atoms with Crippen molar-refractivity contribution in [1.29, 1.82) is 0 Å². The molecule has 1 amide bonds. The van der Waals surface area contributed by atoms with Crippen LogP contribution in [0.15, 0.2) is 18.7 Å². The molecule has 0 aliphatic rings. The normalized spacial score (nSPS) is 11.2. The van der Waals surface area contributed by atoms with Gasteiger partial charge in [-0.3, -0.25) is 4.79 Å². The zero-order valence-electron chi connectivity index (χ0n) is 8.08. The smallest absolute Gasteiger partial charge is 0.322 e. The van der Waals surface area contributed by atoms with Gasteiger partial charge in [0, 0.05) is 0 Å². The summed E-state index contributed by atoms with van der Waals surface area (Å²) in [5.74, 6) is -0.584. The summed E-state index contributed by atoms with van der Waals surface area (Å²) in [5, 5.41) is 4.30. The van der Waals surface area contributed by atoms with E-state index in [9.17, 15) is 18.0 Å². The van der Waals surface area contributed by atoms with E-state index in [1.165, 1.54) is 18.7 Å². The molecule has 0 fully saturated rings. The second-order valence-electron chi connectivity index (χ2n) is 2.89. The van der Waals surface area contributed by atoms with E-state index in [4.69, 9.17) is 0 Å². The fourth-order valence-corrected chi connectivity index (χ4v) is 0.887. The van der Waals surface area contributed by atoms with Crippen LogP contribution in [0.3, 0.4) is 0 Å². The molecule has 88 valence electrons. The van der Waals surface area contributed by atoms with Crippen molar-refractivity contribution in [2.24, 2.45) is 0 Å². The first-order chi connectivity index (χ1) is 7.47. The van der Waals surface area contributed by atoms with E-state index in [1.54, 1.807) is 0 Å². The molecule has 1 aromatic rings. The number of carbonyl (C=O) groups is 1. The Hall–Kier alpha value is -1.70. The van der Waals surface area contributed by atoms with Crippen molar-refractivity contribution in [2.45, 2.75) is 6.18 Å². The van der Waals surface area contributed by atoms with Gasteiger partial charge in [-0.05, 0) is 0 Å². The number of alkyl halides is 3. The second-order valence-corrected chi connectivity index (χ2v) is 2.89. The molecule has 5 nitrogen and oxygen atoms in total. The van der Waals surface area contributed by atoms with Crippen molar-refractivity contribution in [1.82, 2.24) is 15.3 Å². The number of nitrogens with zero attached hydrogens (tertiary/aromatic N) is 2. The molecule has 8 heteroatoms. The highest BCUT2D eigenvalue weighted by atomic mass is 19.4. The number of hydrogen-bond donors (Lipinski definition) is 2. The standard InChI is InChI=1S/C8H9F3N4O/c9-8(10,11)4-12-3-7(16)15-6-1-13-5-14-2-6/h1-2,5,12H,3-4H2,(H,15,16). The van der Waals surface area contributed by atoms with Gasteiger partial charge in [0.05, 0.1) is 31.2 Å². The Balaban J connectivity index is 2.27. The summed E-state index contributed by atoms with van der Waals surface area (Å²) >= 11 is 0. The highest BCUT2D eigenvalue weighted by Gasteiger charge is 2.26. The molecule has 0 aliphatic heterocycles. The average molecular weight is 234 g/mol. The van der Waals surface area contributed by atoms with Crippen LogP contribution in [0.5, 0.6) is 0 Å². The number of aromatic nitrogens is 2. The third kappa shape index (κ3) is 5.25. The molecule has 0 aromatic carbocycles. The summed E-state index contributed by atoms with van der Waals surface area (Å²) in [6.07, 6.45) is -0.364. The van der Waals surface area contributed by atoms with Gasteiger partial charge < -0.3 is 10.6 Å². The van der Waals surface area contributed by atoms with Crippen molar-refractivity contribution in [3.8, 4) is 0 Å². The van der Waals surface area contributed by atoms with Gasteiger partial charge in [-0.15, -0.1) is 0 Å². The van der Waals surface area contributed by atoms with Crippen LogP contribution in [0, 0.1) is 0 Å². The van der Waals surface area contributed by atoms with Crippen LogP contribution in [0.1, 0.15) is 0 Å². The molecule has 1 aromatic heterocycles. The zero-order valence-corrected chi connectivity index (χ0v) is 8.08. The Morgan fingerprint density at radius 1 is 1.31 bits per heavy atom. The van der Waals surface area contributed by atoms with Gasteiger partial charge in [-0.1, -0.05) is 0 Å². The van der Waals surface area contributed by atoms with Gasteiger partial charge >= 0.3 is 6.18 Å². The van der Waals surface area contributed by atoms with Crippen molar-refractivity contribution in [2.75, 3.05) is 18.4 Å². The minimum Gasteiger partial charge on any atom is -0.322 e. The maximum atomic E-state index is 11.7. The molecule has 0 saturated carbocycles. The van der Waals surface area contributed by atoms with Crippen LogP contribution in [-0.4, -0.2) is 35.1 Å². The molecule has 1 rings (SSSR count). The van der Waals surface area contributed by atoms with Gasteiger partial charge in [-0.2, -0.15) is 13.2 Å². The zero-order chi connectivity index (χ0) is 12.0. The van der Waals surface area contributed by atoms with Crippen LogP contribution in [-0.2, 0) is 4.79 Å². The Kier molecular flexibility index (Phi) is 4.18. The molecule has 16 heavy (non-hydrogen) atoms.